The lowest BCUT2D eigenvalue weighted by Gasteiger charge is -2.08. The fourth-order valence-electron chi connectivity index (χ4n) is 2.26. The van der Waals surface area contributed by atoms with Gasteiger partial charge in [-0.2, -0.15) is 0 Å². The molecule has 0 fully saturated rings. The van der Waals surface area contributed by atoms with Crippen molar-refractivity contribution in [1.82, 2.24) is 0 Å². The molecule has 0 spiro atoms. The topological polar surface area (TPSA) is 26.7 Å². The van der Waals surface area contributed by atoms with Crippen LogP contribution < -0.4 is 4.74 Å². The van der Waals surface area contributed by atoms with Crippen LogP contribution in [0.4, 0.5) is 5.69 Å². The summed E-state index contributed by atoms with van der Waals surface area (Å²) in [6.45, 7) is 10.9. The summed E-state index contributed by atoms with van der Waals surface area (Å²) in [6, 6.07) is 13.1. The molecular formula is C24H19NO2. The van der Waals surface area contributed by atoms with E-state index in [0.717, 1.165) is 17.4 Å². The van der Waals surface area contributed by atoms with Gasteiger partial charge in [-0.15, -0.1) is 6.42 Å². The number of benzene rings is 2. The minimum absolute atomic E-state index is 0. The largest absolute Gasteiger partial charge is 0.460 e. The van der Waals surface area contributed by atoms with Crippen molar-refractivity contribution in [2.24, 2.45) is 0 Å². The smallest absolute Gasteiger partial charge is 0.190 e. The van der Waals surface area contributed by atoms with E-state index in [2.05, 4.69) is 47.4 Å². The van der Waals surface area contributed by atoms with Crippen LogP contribution in [-0.4, -0.2) is 0 Å². The number of hydrogen-bond acceptors (Lipinski definition) is 2. The molecule has 0 bridgehead atoms. The Morgan fingerprint density at radius 3 is 2.74 bits per heavy atom. The maximum Gasteiger partial charge on any atom is 0.190 e. The van der Waals surface area contributed by atoms with Crippen LogP contribution in [0.1, 0.15) is 20.8 Å². The lowest BCUT2D eigenvalue weighted by molar-refractivity contribution is 0.472. The zero-order valence-corrected chi connectivity index (χ0v) is 15.2. The van der Waals surface area contributed by atoms with Gasteiger partial charge in [-0.05, 0) is 72.9 Å². The SMILES string of the molecule is C#CC#CC#CC.[C-]#[N+]c1cccc(Oc2cc(CC)cc3ccoc23)c1.[HH]. The summed E-state index contributed by atoms with van der Waals surface area (Å²) < 4.78 is 11.4. The Labute approximate surface area is 161 Å². The minimum atomic E-state index is 0. The van der Waals surface area contributed by atoms with Gasteiger partial charge < -0.3 is 9.15 Å². The first-order chi connectivity index (χ1) is 13.2. The van der Waals surface area contributed by atoms with Crippen molar-refractivity contribution < 1.29 is 10.6 Å². The summed E-state index contributed by atoms with van der Waals surface area (Å²) in [5.41, 5.74) is 2.48. The molecule has 0 aliphatic carbocycles. The van der Waals surface area contributed by atoms with Crippen LogP contribution >= 0.6 is 0 Å². The van der Waals surface area contributed by atoms with Crippen molar-refractivity contribution in [3.63, 3.8) is 0 Å². The monoisotopic (exact) mass is 353 g/mol. The molecular weight excluding hydrogens is 334 g/mol. The number of rotatable bonds is 3. The number of aryl methyl sites for hydroxylation is 1. The number of nitrogens with zero attached hydrogens (tertiary/aromatic N) is 1. The van der Waals surface area contributed by atoms with Gasteiger partial charge >= 0.3 is 0 Å². The van der Waals surface area contributed by atoms with Crippen molar-refractivity contribution in [3.8, 4) is 47.5 Å². The molecule has 2 aromatic carbocycles. The molecule has 3 heteroatoms. The third-order valence-corrected chi connectivity index (χ3v) is 3.48. The van der Waals surface area contributed by atoms with Crippen molar-refractivity contribution in [2.45, 2.75) is 20.3 Å². The second-order valence-corrected chi connectivity index (χ2v) is 5.27. The second-order valence-electron chi connectivity index (χ2n) is 5.27. The molecule has 1 heterocycles. The lowest BCUT2D eigenvalue weighted by atomic mass is 10.1. The molecule has 0 unspecified atom stereocenters. The highest BCUT2D eigenvalue weighted by atomic mass is 16.5. The van der Waals surface area contributed by atoms with Gasteiger partial charge in [-0.3, -0.25) is 0 Å². The van der Waals surface area contributed by atoms with E-state index in [9.17, 15) is 0 Å². The molecule has 0 radical (unpaired) electrons. The molecule has 0 aliphatic rings. The highest BCUT2D eigenvalue weighted by Gasteiger charge is 2.09. The van der Waals surface area contributed by atoms with Crippen LogP contribution in [0.25, 0.3) is 15.8 Å². The van der Waals surface area contributed by atoms with Crippen molar-refractivity contribution in [2.75, 3.05) is 0 Å². The molecule has 0 saturated heterocycles. The molecule has 1 aromatic heterocycles. The molecule has 0 saturated carbocycles. The van der Waals surface area contributed by atoms with Gasteiger partial charge in [0.1, 0.15) is 5.75 Å². The maximum atomic E-state index is 7.04. The van der Waals surface area contributed by atoms with E-state index in [1.807, 2.05) is 24.3 Å². The van der Waals surface area contributed by atoms with E-state index in [1.165, 1.54) is 5.56 Å². The van der Waals surface area contributed by atoms with E-state index < -0.39 is 0 Å². The third-order valence-electron chi connectivity index (χ3n) is 3.48. The van der Waals surface area contributed by atoms with Crippen molar-refractivity contribution in [1.29, 1.82) is 0 Å². The zero-order valence-electron chi connectivity index (χ0n) is 15.2. The average Bonchev–Trinajstić information content (AvgIpc) is 3.18. The summed E-state index contributed by atoms with van der Waals surface area (Å²) in [7, 11) is 0. The lowest BCUT2D eigenvalue weighted by Crippen LogP contribution is -1.87. The molecule has 0 aliphatic heterocycles. The van der Waals surface area contributed by atoms with Gasteiger partial charge in [0.15, 0.2) is 17.0 Å². The fraction of sp³-hybridized carbons (Fsp3) is 0.125. The summed E-state index contributed by atoms with van der Waals surface area (Å²) in [4.78, 5) is 3.41. The Balaban J connectivity index is 0.000000425. The number of terminal acetylenes is 1. The Morgan fingerprint density at radius 1 is 1.19 bits per heavy atom. The molecule has 0 amide bonds. The standard InChI is InChI=1S/C17H13NO2.C7H4.H2/c1-3-12-9-13-7-8-19-17(13)16(10-12)20-15-6-4-5-14(11-15)18-2;1-3-5-7-6-4-2;/h4-11H,3H2,1H3;1H,2H3;1H. The first-order valence-electron chi connectivity index (χ1n) is 8.24. The molecule has 0 atom stereocenters. The first kappa shape index (κ1) is 19.3. The Bertz CT molecular complexity index is 1140. The molecule has 0 N–H and O–H groups in total. The zero-order chi connectivity index (χ0) is 19.5. The van der Waals surface area contributed by atoms with E-state index in [1.54, 1.807) is 25.3 Å². The van der Waals surface area contributed by atoms with E-state index in [-0.39, 0.29) is 1.43 Å². The molecule has 132 valence electrons. The van der Waals surface area contributed by atoms with Gasteiger partial charge in [-0.25, -0.2) is 4.85 Å². The Hall–Kier alpha value is -4.05. The summed E-state index contributed by atoms with van der Waals surface area (Å²) in [6.07, 6.45) is 7.37. The van der Waals surface area contributed by atoms with Gasteiger partial charge in [0.2, 0.25) is 0 Å². The summed E-state index contributed by atoms with van der Waals surface area (Å²) in [5, 5.41) is 1.03. The van der Waals surface area contributed by atoms with Gasteiger partial charge in [-0.1, -0.05) is 25.0 Å². The average molecular weight is 353 g/mol. The number of fused-ring (bicyclic) bond motifs is 1. The normalized spacial score (nSPS) is 8.59. The Kier molecular flexibility index (Phi) is 7.18. The summed E-state index contributed by atoms with van der Waals surface area (Å²) in [5.74, 6) is 13.3. The molecule has 27 heavy (non-hydrogen) atoms. The molecule has 3 nitrogen and oxygen atoms in total. The van der Waals surface area contributed by atoms with Gasteiger partial charge in [0, 0.05) is 6.81 Å². The van der Waals surface area contributed by atoms with Gasteiger partial charge in [0.25, 0.3) is 0 Å². The minimum Gasteiger partial charge on any atom is -0.460 e. The van der Waals surface area contributed by atoms with Crippen molar-refractivity contribution in [3.05, 3.63) is 65.7 Å². The van der Waals surface area contributed by atoms with Crippen LogP contribution in [0.3, 0.4) is 0 Å². The highest BCUT2D eigenvalue weighted by molar-refractivity contribution is 5.84. The van der Waals surface area contributed by atoms with E-state index in [4.69, 9.17) is 22.1 Å². The van der Waals surface area contributed by atoms with Crippen molar-refractivity contribution >= 4 is 16.7 Å². The number of furan rings is 1. The Morgan fingerprint density at radius 2 is 2.04 bits per heavy atom. The van der Waals surface area contributed by atoms with Crippen LogP contribution in [0, 0.1) is 42.6 Å². The summed E-state index contributed by atoms with van der Waals surface area (Å²) >= 11 is 0. The molecule has 3 aromatic rings. The fourth-order valence-corrected chi connectivity index (χ4v) is 2.26. The molecule has 3 rings (SSSR count). The van der Waals surface area contributed by atoms with Gasteiger partial charge in [0.05, 0.1) is 12.8 Å². The highest BCUT2D eigenvalue weighted by Crippen LogP contribution is 2.33. The number of ether oxygens (including phenoxy) is 1. The third kappa shape index (κ3) is 5.47. The van der Waals surface area contributed by atoms with Crippen LogP contribution in [0.5, 0.6) is 11.5 Å². The second kappa shape index (κ2) is 10.1. The van der Waals surface area contributed by atoms with E-state index >= 15 is 0 Å². The first-order valence-corrected chi connectivity index (χ1v) is 8.24. The van der Waals surface area contributed by atoms with E-state index in [0.29, 0.717) is 17.2 Å². The van der Waals surface area contributed by atoms with Crippen LogP contribution in [-0.2, 0) is 6.42 Å². The predicted molar refractivity (Wildman–Crippen MR) is 111 cm³/mol. The van der Waals surface area contributed by atoms with Crippen LogP contribution in [0.15, 0.2) is 53.1 Å². The van der Waals surface area contributed by atoms with Crippen LogP contribution in [0.2, 0.25) is 0 Å². The predicted octanol–water partition coefficient (Wildman–Crippen LogP) is 6.23. The number of hydrogen-bond donors (Lipinski definition) is 0. The quantitative estimate of drug-likeness (QED) is 0.412. The maximum absolute atomic E-state index is 7.04.